The largest absolute Gasteiger partial charge is 0.359 e. The van der Waals surface area contributed by atoms with Crippen molar-refractivity contribution in [3.8, 4) is 11.4 Å². The molecule has 0 amide bonds. The smallest absolute Gasteiger partial charge is 0.184 e. The highest BCUT2D eigenvalue weighted by atomic mass is 32.2. The molecule has 3 aromatic heterocycles. The zero-order valence-electron chi connectivity index (χ0n) is 13.2. The van der Waals surface area contributed by atoms with Gasteiger partial charge in [-0.25, -0.2) is 22.2 Å². The minimum absolute atomic E-state index is 0.0739. The number of H-pyrrole nitrogens is 2. The lowest BCUT2D eigenvalue weighted by Gasteiger charge is -2.05. The van der Waals surface area contributed by atoms with Crippen LogP contribution in [0.3, 0.4) is 0 Å². The van der Waals surface area contributed by atoms with Gasteiger partial charge in [-0.3, -0.25) is 5.10 Å². The van der Waals surface area contributed by atoms with E-state index >= 15 is 0 Å². The van der Waals surface area contributed by atoms with Crippen LogP contribution in [0.1, 0.15) is 5.56 Å². The fraction of sp³-hybridized carbons (Fsp3) is 0.0588. The highest BCUT2D eigenvalue weighted by Gasteiger charge is 2.23. The molecular weight excluding hydrogens is 362 g/mol. The van der Waals surface area contributed by atoms with Gasteiger partial charge in [-0.05, 0) is 30.3 Å². The van der Waals surface area contributed by atoms with E-state index in [0.29, 0.717) is 17.0 Å². The summed E-state index contributed by atoms with van der Waals surface area (Å²) in [7, 11) is -3.95. The van der Waals surface area contributed by atoms with Gasteiger partial charge in [0.05, 0.1) is 16.3 Å². The van der Waals surface area contributed by atoms with E-state index in [1.807, 2.05) is 0 Å². The number of pyridine rings is 1. The number of halogens is 2. The molecule has 9 heteroatoms. The number of nitrogens with zero attached hydrogens (tertiary/aromatic N) is 2. The van der Waals surface area contributed by atoms with Crippen molar-refractivity contribution in [2.45, 2.75) is 10.6 Å². The van der Waals surface area contributed by atoms with Crippen LogP contribution in [0.5, 0.6) is 0 Å². The molecule has 4 rings (SSSR count). The molecule has 0 radical (unpaired) electrons. The van der Waals surface area contributed by atoms with Crippen molar-refractivity contribution in [2.24, 2.45) is 0 Å². The summed E-state index contributed by atoms with van der Waals surface area (Å²) < 4.78 is 52.6. The second-order valence-electron chi connectivity index (χ2n) is 5.68. The van der Waals surface area contributed by atoms with E-state index in [1.165, 1.54) is 18.3 Å². The van der Waals surface area contributed by atoms with Gasteiger partial charge >= 0.3 is 0 Å². The van der Waals surface area contributed by atoms with E-state index in [1.54, 1.807) is 18.3 Å². The lowest BCUT2D eigenvalue weighted by atomic mass is 10.2. The Morgan fingerprint density at radius 2 is 1.85 bits per heavy atom. The molecule has 0 aliphatic rings. The first-order valence-corrected chi connectivity index (χ1v) is 9.24. The topological polar surface area (TPSA) is 91.5 Å². The first kappa shape index (κ1) is 16.4. The molecule has 0 saturated heterocycles. The highest BCUT2D eigenvalue weighted by molar-refractivity contribution is 7.90. The molecule has 6 nitrogen and oxygen atoms in total. The van der Waals surface area contributed by atoms with Crippen molar-refractivity contribution in [1.82, 2.24) is 20.2 Å². The molecular formula is C17H12F2N4O2S. The molecule has 0 bridgehead atoms. The van der Waals surface area contributed by atoms with Crippen molar-refractivity contribution in [3.05, 3.63) is 66.0 Å². The molecule has 0 aliphatic carbocycles. The average Bonchev–Trinajstić information content (AvgIpc) is 3.25. The Kier molecular flexibility index (Phi) is 3.80. The number of nitrogens with one attached hydrogen (secondary N) is 2. The Morgan fingerprint density at radius 3 is 2.62 bits per heavy atom. The molecule has 0 fully saturated rings. The van der Waals surface area contributed by atoms with Gasteiger partial charge in [0, 0.05) is 23.3 Å². The predicted octanol–water partition coefficient (Wildman–Crippen LogP) is 3.21. The number of sulfone groups is 1. The number of fused-ring (bicyclic) bond motifs is 1. The lowest BCUT2D eigenvalue weighted by molar-refractivity contribution is 0.556. The second-order valence-corrected chi connectivity index (χ2v) is 7.67. The normalized spacial score (nSPS) is 11.9. The molecule has 1 aromatic carbocycles. The SMILES string of the molecule is O=S(=O)(Cc1c(F)cccc1F)c1c[nH]c(-c2n[nH]c3ncccc23)c1. The van der Waals surface area contributed by atoms with Crippen LogP contribution >= 0.6 is 0 Å². The third kappa shape index (κ3) is 2.76. The van der Waals surface area contributed by atoms with E-state index in [0.717, 1.165) is 17.5 Å². The van der Waals surface area contributed by atoms with Crippen LogP contribution in [0.2, 0.25) is 0 Å². The first-order chi connectivity index (χ1) is 12.5. The van der Waals surface area contributed by atoms with Crippen LogP contribution in [-0.4, -0.2) is 28.6 Å². The highest BCUT2D eigenvalue weighted by Crippen LogP contribution is 2.28. The third-order valence-corrected chi connectivity index (χ3v) is 5.63. The van der Waals surface area contributed by atoms with Gasteiger partial charge in [0.2, 0.25) is 0 Å². The molecule has 0 saturated carbocycles. The average molecular weight is 374 g/mol. The Morgan fingerprint density at radius 1 is 1.08 bits per heavy atom. The minimum atomic E-state index is -3.95. The lowest BCUT2D eigenvalue weighted by Crippen LogP contribution is -2.07. The Bertz CT molecular complexity index is 1190. The zero-order valence-corrected chi connectivity index (χ0v) is 14.0. The van der Waals surface area contributed by atoms with Gasteiger partial charge in [-0.1, -0.05) is 6.07 Å². The van der Waals surface area contributed by atoms with Gasteiger partial charge in [-0.2, -0.15) is 5.10 Å². The van der Waals surface area contributed by atoms with Crippen LogP contribution in [0.4, 0.5) is 8.78 Å². The number of hydrogen-bond donors (Lipinski definition) is 2. The Labute approximate surface area is 146 Å². The third-order valence-electron chi connectivity index (χ3n) is 4.00. The van der Waals surface area contributed by atoms with Crippen LogP contribution < -0.4 is 0 Å². The second kappa shape index (κ2) is 6.03. The molecule has 26 heavy (non-hydrogen) atoms. The summed E-state index contributed by atoms with van der Waals surface area (Å²) in [5, 5.41) is 7.62. The van der Waals surface area contributed by atoms with E-state index in [9.17, 15) is 17.2 Å². The van der Waals surface area contributed by atoms with Crippen molar-refractivity contribution in [2.75, 3.05) is 0 Å². The van der Waals surface area contributed by atoms with Crippen molar-refractivity contribution < 1.29 is 17.2 Å². The van der Waals surface area contributed by atoms with Crippen LogP contribution in [0.25, 0.3) is 22.4 Å². The molecule has 132 valence electrons. The molecule has 0 unspecified atom stereocenters. The summed E-state index contributed by atoms with van der Waals surface area (Å²) in [4.78, 5) is 6.90. The number of hydrogen-bond acceptors (Lipinski definition) is 4. The fourth-order valence-corrected chi connectivity index (χ4v) is 4.05. The summed E-state index contributed by atoms with van der Waals surface area (Å²) in [5.74, 6) is -2.56. The van der Waals surface area contributed by atoms with E-state index in [4.69, 9.17) is 0 Å². The number of rotatable bonds is 4. The van der Waals surface area contributed by atoms with Gasteiger partial charge in [0.1, 0.15) is 17.3 Å². The van der Waals surface area contributed by atoms with Gasteiger partial charge < -0.3 is 4.98 Å². The summed E-state index contributed by atoms with van der Waals surface area (Å²) in [6.45, 7) is 0. The number of aromatic nitrogens is 4. The standard InChI is InChI=1S/C17H12F2N4O2S/c18-13-4-1-5-14(19)12(13)9-26(24,25)10-7-15(21-8-10)16-11-3-2-6-20-17(11)23-22-16/h1-8,21H,9H2,(H,20,22,23). The van der Waals surface area contributed by atoms with Gasteiger partial charge in [0.25, 0.3) is 0 Å². The minimum Gasteiger partial charge on any atom is -0.359 e. The molecule has 3 heterocycles. The maximum atomic E-state index is 13.8. The zero-order chi connectivity index (χ0) is 18.3. The van der Waals surface area contributed by atoms with Crippen LogP contribution in [0, 0.1) is 11.6 Å². The fourth-order valence-electron chi connectivity index (χ4n) is 2.69. The van der Waals surface area contributed by atoms with E-state index in [2.05, 4.69) is 20.2 Å². The summed E-state index contributed by atoms with van der Waals surface area (Å²) in [5.41, 5.74) is 1.04. The molecule has 4 aromatic rings. The summed E-state index contributed by atoms with van der Waals surface area (Å²) in [6.07, 6.45) is 2.89. The van der Waals surface area contributed by atoms with Crippen LogP contribution in [0.15, 0.2) is 53.7 Å². The van der Waals surface area contributed by atoms with Crippen LogP contribution in [-0.2, 0) is 15.6 Å². The van der Waals surface area contributed by atoms with E-state index in [-0.39, 0.29) is 4.90 Å². The van der Waals surface area contributed by atoms with Crippen molar-refractivity contribution in [1.29, 1.82) is 0 Å². The van der Waals surface area contributed by atoms with Gasteiger partial charge in [-0.15, -0.1) is 0 Å². The van der Waals surface area contributed by atoms with E-state index < -0.39 is 32.8 Å². The quantitative estimate of drug-likeness (QED) is 0.574. The summed E-state index contributed by atoms with van der Waals surface area (Å²) >= 11 is 0. The predicted molar refractivity (Wildman–Crippen MR) is 90.9 cm³/mol. The number of aromatic amines is 2. The van der Waals surface area contributed by atoms with Crippen molar-refractivity contribution in [3.63, 3.8) is 0 Å². The molecule has 0 atom stereocenters. The molecule has 0 spiro atoms. The maximum Gasteiger partial charge on any atom is 0.184 e. The molecule has 2 N–H and O–H groups in total. The molecule has 0 aliphatic heterocycles. The van der Waals surface area contributed by atoms with Crippen molar-refractivity contribution >= 4 is 20.9 Å². The maximum absolute atomic E-state index is 13.8. The number of benzene rings is 1. The first-order valence-electron chi connectivity index (χ1n) is 7.59. The summed E-state index contributed by atoms with van der Waals surface area (Å²) in [6, 6.07) is 8.16. The Balaban J connectivity index is 1.71. The monoisotopic (exact) mass is 374 g/mol. The Hall–Kier alpha value is -3.07. The van der Waals surface area contributed by atoms with Gasteiger partial charge in [0.15, 0.2) is 15.5 Å².